The lowest BCUT2D eigenvalue weighted by molar-refractivity contribution is -0.268. The molecule has 0 unspecified atom stereocenters. The molecule has 0 bridgehead atoms. The van der Waals surface area contributed by atoms with Crippen molar-refractivity contribution < 1.29 is 43.8 Å². The van der Waals surface area contributed by atoms with Crippen LogP contribution in [0.2, 0.25) is 0 Å². The van der Waals surface area contributed by atoms with Crippen LogP contribution in [-0.4, -0.2) is 64.8 Å². The highest BCUT2D eigenvalue weighted by atomic mass is 16.7. The molecule has 10 nitrogen and oxygen atoms in total. The third kappa shape index (κ3) is 6.25. The van der Waals surface area contributed by atoms with Crippen LogP contribution in [0.3, 0.4) is 0 Å². The summed E-state index contributed by atoms with van der Waals surface area (Å²) in [6, 6.07) is 8.01. The van der Waals surface area contributed by atoms with Crippen LogP contribution in [0, 0.1) is 0 Å². The number of phenolic OH excluding ortho intramolecular Hbond substituents is 1. The molecular weight excluding hydrogens is 532 g/mol. The summed E-state index contributed by atoms with van der Waals surface area (Å²) in [7, 11) is 1.52. The Morgan fingerprint density at radius 3 is 2.37 bits per heavy atom. The fraction of sp³-hybridized carbons (Fsp3) is 0.387. The summed E-state index contributed by atoms with van der Waals surface area (Å²) in [5.41, 5.74) is 2.10. The summed E-state index contributed by atoms with van der Waals surface area (Å²) < 4.78 is 29.0. The molecule has 0 amide bonds. The predicted octanol–water partition coefficient (Wildman–Crippen LogP) is 3.84. The number of hydrogen-bond acceptors (Lipinski definition) is 10. The molecule has 0 radical (unpaired) electrons. The highest BCUT2D eigenvalue weighted by Crippen LogP contribution is 2.41. The van der Waals surface area contributed by atoms with Gasteiger partial charge in [0.25, 0.3) is 0 Å². The van der Waals surface area contributed by atoms with Gasteiger partial charge in [0.1, 0.15) is 53.1 Å². The van der Waals surface area contributed by atoms with Crippen molar-refractivity contribution >= 4 is 11.0 Å². The van der Waals surface area contributed by atoms with Gasteiger partial charge in [-0.05, 0) is 64.0 Å². The van der Waals surface area contributed by atoms with Crippen LogP contribution in [-0.2, 0) is 11.2 Å². The standard InChI is InChI=1S/C31H36O10/c1-15(2)7-12-20-22(38-14-16(3)4)13-21(32)23-25(34)30(41-31-27(36)26(35)24(33)17(5)39-31)28(40-29(20)23)18-8-10-19(37-6)11-9-18/h7-11,13,17,24,26-27,31-33,35-36H,3,12,14H2,1-2,4-6H3/t17-,24-,26+,27+,31-/m0/s1. The van der Waals surface area contributed by atoms with E-state index in [0.29, 0.717) is 29.0 Å². The molecule has 0 aliphatic carbocycles. The van der Waals surface area contributed by atoms with Crippen LogP contribution in [0.15, 0.2) is 63.3 Å². The Bertz CT molecular complexity index is 1500. The number of hydrogen-bond donors (Lipinski definition) is 4. The number of aliphatic hydroxyl groups excluding tert-OH is 3. The van der Waals surface area contributed by atoms with E-state index in [1.165, 1.54) is 20.1 Å². The van der Waals surface area contributed by atoms with Gasteiger partial charge >= 0.3 is 0 Å². The summed E-state index contributed by atoms with van der Waals surface area (Å²) in [5, 5.41) is 41.9. The molecule has 1 aromatic heterocycles. The molecule has 1 saturated heterocycles. The Morgan fingerprint density at radius 2 is 1.76 bits per heavy atom. The van der Waals surface area contributed by atoms with Gasteiger partial charge in [0.2, 0.25) is 17.5 Å². The van der Waals surface area contributed by atoms with Gasteiger partial charge in [0, 0.05) is 17.2 Å². The quantitative estimate of drug-likeness (QED) is 0.281. The topological polar surface area (TPSA) is 148 Å². The van der Waals surface area contributed by atoms with E-state index in [2.05, 4.69) is 6.58 Å². The molecule has 10 heteroatoms. The Labute approximate surface area is 237 Å². The van der Waals surface area contributed by atoms with Gasteiger partial charge in [0.15, 0.2) is 5.76 Å². The van der Waals surface area contributed by atoms with E-state index < -0.39 is 41.9 Å². The van der Waals surface area contributed by atoms with Crippen molar-refractivity contribution in [3.63, 3.8) is 0 Å². The number of phenols is 1. The van der Waals surface area contributed by atoms with Gasteiger partial charge < -0.3 is 43.8 Å². The van der Waals surface area contributed by atoms with Gasteiger partial charge in [-0.25, -0.2) is 0 Å². The molecule has 41 heavy (non-hydrogen) atoms. The van der Waals surface area contributed by atoms with Crippen LogP contribution < -0.4 is 19.6 Å². The Kier molecular flexibility index (Phi) is 9.08. The van der Waals surface area contributed by atoms with Crippen molar-refractivity contribution in [2.75, 3.05) is 13.7 Å². The first-order valence-electron chi connectivity index (χ1n) is 13.2. The zero-order chi connectivity index (χ0) is 30.0. The maximum Gasteiger partial charge on any atom is 0.239 e. The predicted molar refractivity (Wildman–Crippen MR) is 153 cm³/mol. The maximum atomic E-state index is 14.1. The smallest absolute Gasteiger partial charge is 0.239 e. The van der Waals surface area contributed by atoms with E-state index in [9.17, 15) is 25.2 Å². The minimum atomic E-state index is -1.68. The first-order valence-corrected chi connectivity index (χ1v) is 13.2. The van der Waals surface area contributed by atoms with Crippen molar-refractivity contribution in [2.45, 2.75) is 64.8 Å². The number of aliphatic hydroxyl groups is 3. The highest BCUT2D eigenvalue weighted by molar-refractivity contribution is 5.91. The summed E-state index contributed by atoms with van der Waals surface area (Å²) in [4.78, 5) is 14.1. The van der Waals surface area contributed by atoms with Crippen LogP contribution >= 0.6 is 0 Å². The normalized spacial score (nSPS) is 22.3. The SMILES string of the molecule is C=C(C)COc1cc(O)c2c(=O)c(O[C@@H]3O[C@@H](C)[C@H](O)[C@@H](O)[C@H]3O)c(-c3ccc(OC)cc3)oc2c1CC=C(C)C. The van der Waals surface area contributed by atoms with Crippen molar-refractivity contribution in [2.24, 2.45) is 0 Å². The highest BCUT2D eigenvalue weighted by Gasteiger charge is 2.44. The number of allylic oxidation sites excluding steroid dienone is 2. The van der Waals surface area contributed by atoms with Gasteiger partial charge in [-0.1, -0.05) is 18.2 Å². The molecule has 1 fully saturated rings. The third-order valence-electron chi connectivity index (χ3n) is 6.75. The summed E-state index contributed by atoms with van der Waals surface area (Å²) in [5.74, 6) is 0.121. The molecule has 1 aliphatic heterocycles. The van der Waals surface area contributed by atoms with Crippen LogP contribution in [0.1, 0.15) is 33.3 Å². The molecule has 4 rings (SSSR count). The Morgan fingerprint density at radius 1 is 1.07 bits per heavy atom. The molecule has 0 saturated carbocycles. The monoisotopic (exact) mass is 568 g/mol. The summed E-state index contributed by atoms with van der Waals surface area (Å²) >= 11 is 0. The first-order chi connectivity index (χ1) is 19.4. The molecule has 5 atom stereocenters. The van der Waals surface area contributed by atoms with E-state index >= 15 is 0 Å². The van der Waals surface area contributed by atoms with E-state index in [4.69, 9.17) is 23.4 Å². The van der Waals surface area contributed by atoms with Crippen LogP contribution in [0.5, 0.6) is 23.0 Å². The van der Waals surface area contributed by atoms with Gasteiger partial charge in [-0.2, -0.15) is 0 Å². The van der Waals surface area contributed by atoms with Gasteiger partial charge in [-0.15, -0.1) is 0 Å². The fourth-order valence-corrected chi connectivity index (χ4v) is 4.46. The van der Waals surface area contributed by atoms with Crippen molar-refractivity contribution in [1.82, 2.24) is 0 Å². The second-order valence-corrected chi connectivity index (χ2v) is 10.4. The number of ether oxygens (including phenoxy) is 4. The first kappa shape index (κ1) is 30.1. The van der Waals surface area contributed by atoms with Crippen LogP contribution in [0.4, 0.5) is 0 Å². The molecule has 4 N–H and O–H groups in total. The molecular formula is C31H36O10. The fourth-order valence-electron chi connectivity index (χ4n) is 4.46. The average molecular weight is 569 g/mol. The van der Waals surface area contributed by atoms with E-state index in [0.717, 1.165) is 11.1 Å². The molecule has 0 spiro atoms. The van der Waals surface area contributed by atoms with Gasteiger partial charge in [0.05, 0.1) is 13.2 Å². The van der Waals surface area contributed by atoms with Crippen molar-refractivity contribution in [3.05, 3.63) is 69.9 Å². The second-order valence-electron chi connectivity index (χ2n) is 10.4. The Hall–Kier alpha value is -3.83. The number of aromatic hydroxyl groups is 1. The molecule has 3 aromatic rings. The molecule has 1 aliphatic rings. The summed E-state index contributed by atoms with van der Waals surface area (Å²) in [6.45, 7) is 11.2. The number of benzene rings is 2. The maximum absolute atomic E-state index is 14.1. The molecule has 2 aromatic carbocycles. The Balaban J connectivity index is 1.99. The number of rotatable bonds is 9. The number of fused-ring (bicyclic) bond motifs is 1. The van der Waals surface area contributed by atoms with E-state index in [1.54, 1.807) is 31.2 Å². The second kappa shape index (κ2) is 12.4. The zero-order valence-electron chi connectivity index (χ0n) is 23.7. The summed E-state index contributed by atoms with van der Waals surface area (Å²) in [6.07, 6.45) is -4.78. The molecule has 2 heterocycles. The van der Waals surface area contributed by atoms with Crippen molar-refractivity contribution in [3.8, 4) is 34.3 Å². The lowest BCUT2D eigenvalue weighted by atomic mass is 10.00. The zero-order valence-corrected chi connectivity index (χ0v) is 23.7. The lowest BCUT2D eigenvalue weighted by Crippen LogP contribution is -2.58. The minimum Gasteiger partial charge on any atom is -0.507 e. The largest absolute Gasteiger partial charge is 0.507 e. The molecule has 220 valence electrons. The average Bonchev–Trinajstić information content (AvgIpc) is 2.93. The van der Waals surface area contributed by atoms with E-state index in [1.807, 2.05) is 19.9 Å². The third-order valence-corrected chi connectivity index (χ3v) is 6.75. The van der Waals surface area contributed by atoms with Crippen molar-refractivity contribution in [1.29, 1.82) is 0 Å². The van der Waals surface area contributed by atoms with E-state index in [-0.39, 0.29) is 29.1 Å². The van der Waals surface area contributed by atoms with Crippen LogP contribution in [0.25, 0.3) is 22.3 Å². The number of methoxy groups -OCH3 is 1. The lowest BCUT2D eigenvalue weighted by Gasteiger charge is -2.38. The van der Waals surface area contributed by atoms with Gasteiger partial charge in [-0.3, -0.25) is 4.79 Å². The minimum absolute atomic E-state index is 0.0101.